The van der Waals surface area contributed by atoms with Gasteiger partial charge in [0.05, 0.1) is 23.7 Å². The van der Waals surface area contributed by atoms with Crippen molar-refractivity contribution in [3.05, 3.63) is 47.9 Å². The Hall–Kier alpha value is -2.21. The summed E-state index contributed by atoms with van der Waals surface area (Å²) >= 11 is 1.47. The van der Waals surface area contributed by atoms with Crippen molar-refractivity contribution in [2.75, 3.05) is 11.1 Å². The molecule has 1 atom stereocenters. The summed E-state index contributed by atoms with van der Waals surface area (Å²) < 4.78 is 5.26. The van der Waals surface area contributed by atoms with Gasteiger partial charge in [-0.2, -0.15) is 0 Å². The number of furan rings is 1. The van der Waals surface area contributed by atoms with Gasteiger partial charge in [-0.1, -0.05) is 0 Å². The van der Waals surface area contributed by atoms with Gasteiger partial charge in [0, 0.05) is 10.5 Å². The molecule has 2 heterocycles. The maximum absolute atomic E-state index is 12.2. The SMILES string of the molecule is C[C@@H](NC(=O)c1ccc2c(c1)NC(=O)CS2)c1ccco1. The van der Waals surface area contributed by atoms with E-state index in [1.165, 1.54) is 11.8 Å². The molecule has 0 aliphatic carbocycles. The molecule has 5 nitrogen and oxygen atoms in total. The normalized spacial score (nSPS) is 15.0. The van der Waals surface area contributed by atoms with Gasteiger partial charge in [0.25, 0.3) is 5.91 Å². The number of thioether (sulfide) groups is 1. The fourth-order valence-corrected chi connectivity index (χ4v) is 2.90. The molecule has 2 amide bonds. The predicted octanol–water partition coefficient (Wildman–Crippen LogP) is 2.81. The molecule has 1 aromatic heterocycles. The largest absolute Gasteiger partial charge is 0.467 e. The third-order valence-corrected chi connectivity index (χ3v) is 4.27. The Balaban J connectivity index is 1.76. The summed E-state index contributed by atoms with van der Waals surface area (Å²) in [5, 5.41) is 5.64. The highest BCUT2D eigenvalue weighted by atomic mass is 32.2. The van der Waals surface area contributed by atoms with Crippen molar-refractivity contribution in [2.24, 2.45) is 0 Å². The van der Waals surface area contributed by atoms with E-state index < -0.39 is 0 Å². The van der Waals surface area contributed by atoms with E-state index >= 15 is 0 Å². The molecule has 1 aliphatic rings. The van der Waals surface area contributed by atoms with Crippen molar-refractivity contribution in [3.63, 3.8) is 0 Å². The van der Waals surface area contributed by atoms with Crippen LogP contribution in [0.5, 0.6) is 0 Å². The first kappa shape index (κ1) is 13.8. The van der Waals surface area contributed by atoms with Crippen LogP contribution >= 0.6 is 11.8 Å². The molecule has 0 bridgehead atoms. The molecular weight excluding hydrogens is 288 g/mol. The number of rotatable bonds is 3. The van der Waals surface area contributed by atoms with Gasteiger partial charge in [-0.3, -0.25) is 9.59 Å². The number of nitrogens with one attached hydrogen (secondary N) is 2. The summed E-state index contributed by atoms with van der Waals surface area (Å²) in [6, 6.07) is 8.69. The molecule has 1 aromatic carbocycles. The molecule has 0 saturated heterocycles. The van der Waals surface area contributed by atoms with Gasteiger partial charge in [-0.05, 0) is 37.3 Å². The molecule has 3 rings (SSSR count). The van der Waals surface area contributed by atoms with E-state index in [1.54, 1.807) is 24.5 Å². The van der Waals surface area contributed by atoms with Crippen LogP contribution in [-0.4, -0.2) is 17.6 Å². The maximum Gasteiger partial charge on any atom is 0.251 e. The number of carbonyl (C=O) groups excluding carboxylic acids is 2. The highest BCUT2D eigenvalue weighted by molar-refractivity contribution is 8.00. The van der Waals surface area contributed by atoms with Crippen molar-refractivity contribution in [1.29, 1.82) is 0 Å². The number of carbonyl (C=O) groups is 2. The van der Waals surface area contributed by atoms with Gasteiger partial charge in [0.15, 0.2) is 0 Å². The van der Waals surface area contributed by atoms with Gasteiger partial charge in [-0.25, -0.2) is 0 Å². The lowest BCUT2D eigenvalue weighted by Gasteiger charge is -2.17. The van der Waals surface area contributed by atoms with Crippen LogP contribution in [0.15, 0.2) is 45.9 Å². The Kier molecular flexibility index (Phi) is 3.70. The second kappa shape index (κ2) is 5.65. The van der Waals surface area contributed by atoms with Gasteiger partial charge < -0.3 is 15.1 Å². The average molecular weight is 302 g/mol. The topological polar surface area (TPSA) is 71.3 Å². The van der Waals surface area contributed by atoms with E-state index in [1.807, 2.05) is 19.1 Å². The lowest BCUT2D eigenvalue weighted by atomic mass is 10.1. The molecule has 0 radical (unpaired) electrons. The van der Waals surface area contributed by atoms with Crippen molar-refractivity contribution in [3.8, 4) is 0 Å². The van der Waals surface area contributed by atoms with Crippen LogP contribution in [0.2, 0.25) is 0 Å². The molecule has 21 heavy (non-hydrogen) atoms. The minimum absolute atomic E-state index is 0.0472. The Morgan fingerprint density at radius 3 is 3.05 bits per heavy atom. The second-order valence-electron chi connectivity index (χ2n) is 4.76. The summed E-state index contributed by atoms with van der Waals surface area (Å²) in [6.45, 7) is 1.85. The molecule has 6 heteroatoms. The Morgan fingerprint density at radius 2 is 2.29 bits per heavy atom. The highest BCUT2D eigenvalue weighted by Crippen LogP contribution is 2.32. The quantitative estimate of drug-likeness (QED) is 0.914. The first-order valence-electron chi connectivity index (χ1n) is 6.54. The van der Waals surface area contributed by atoms with Crippen LogP contribution in [0.3, 0.4) is 0 Å². The van der Waals surface area contributed by atoms with E-state index in [9.17, 15) is 9.59 Å². The van der Waals surface area contributed by atoms with Crippen LogP contribution in [-0.2, 0) is 4.79 Å². The number of benzene rings is 1. The molecular formula is C15H14N2O3S. The van der Waals surface area contributed by atoms with E-state index in [4.69, 9.17) is 4.42 Å². The smallest absolute Gasteiger partial charge is 0.251 e. The van der Waals surface area contributed by atoms with Gasteiger partial charge in [0.1, 0.15) is 5.76 Å². The molecule has 0 spiro atoms. The van der Waals surface area contributed by atoms with E-state index in [0.29, 0.717) is 22.8 Å². The fraction of sp³-hybridized carbons (Fsp3) is 0.200. The second-order valence-corrected chi connectivity index (χ2v) is 5.78. The summed E-state index contributed by atoms with van der Waals surface area (Å²) in [6.07, 6.45) is 1.57. The summed E-state index contributed by atoms with van der Waals surface area (Å²) in [5.74, 6) is 0.861. The molecule has 0 unspecified atom stereocenters. The fourth-order valence-electron chi connectivity index (χ4n) is 2.11. The minimum atomic E-state index is -0.215. The molecule has 1 aliphatic heterocycles. The monoisotopic (exact) mass is 302 g/mol. The zero-order valence-corrected chi connectivity index (χ0v) is 12.2. The van der Waals surface area contributed by atoms with Gasteiger partial charge >= 0.3 is 0 Å². The number of fused-ring (bicyclic) bond motifs is 1. The Labute approximate surface area is 126 Å². The number of hydrogen-bond acceptors (Lipinski definition) is 4. The summed E-state index contributed by atoms with van der Waals surface area (Å²) in [5.41, 5.74) is 1.20. The molecule has 2 N–H and O–H groups in total. The van der Waals surface area contributed by atoms with Crippen LogP contribution in [0.1, 0.15) is 29.1 Å². The molecule has 0 fully saturated rings. The van der Waals surface area contributed by atoms with Crippen LogP contribution in [0.4, 0.5) is 5.69 Å². The third-order valence-electron chi connectivity index (χ3n) is 3.19. The van der Waals surface area contributed by atoms with Gasteiger partial charge in [0.2, 0.25) is 5.91 Å². The van der Waals surface area contributed by atoms with E-state index in [-0.39, 0.29) is 17.9 Å². The van der Waals surface area contributed by atoms with Crippen molar-refractivity contribution in [2.45, 2.75) is 17.9 Å². The first-order chi connectivity index (χ1) is 10.1. The van der Waals surface area contributed by atoms with Crippen LogP contribution in [0, 0.1) is 0 Å². The lowest BCUT2D eigenvalue weighted by Crippen LogP contribution is -2.27. The zero-order chi connectivity index (χ0) is 14.8. The third kappa shape index (κ3) is 2.95. The Bertz CT molecular complexity index is 682. The van der Waals surface area contributed by atoms with E-state index in [0.717, 1.165) is 4.90 Å². The molecule has 0 saturated carbocycles. The highest BCUT2D eigenvalue weighted by Gasteiger charge is 2.18. The van der Waals surface area contributed by atoms with Gasteiger partial charge in [-0.15, -0.1) is 11.8 Å². The van der Waals surface area contributed by atoms with Crippen LogP contribution in [0.25, 0.3) is 0 Å². The zero-order valence-electron chi connectivity index (χ0n) is 11.4. The number of amides is 2. The predicted molar refractivity (Wildman–Crippen MR) is 80.4 cm³/mol. The van der Waals surface area contributed by atoms with Crippen molar-refractivity contribution >= 4 is 29.3 Å². The summed E-state index contributed by atoms with van der Waals surface area (Å²) in [4.78, 5) is 24.6. The minimum Gasteiger partial charge on any atom is -0.467 e. The van der Waals surface area contributed by atoms with E-state index in [2.05, 4.69) is 10.6 Å². The van der Waals surface area contributed by atoms with Crippen LogP contribution < -0.4 is 10.6 Å². The van der Waals surface area contributed by atoms with Crippen molar-refractivity contribution < 1.29 is 14.0 Å². The lowest BCUT2D eigenvalue weighted by molar-refractivity contribution is -0.113. The molecule has 108 valence electrons. The first-order valence-corrected chi connectivity index (χ1v) is 7.53. The number of hydrogen-bond donors (Lipinski definition) is 2. The van der Waals surface area contributed by atoms with Crippen molar-refractivity contribution in [1.82, 2.24) is 5.32 Å². The number of anilines is 1. The molecule has 2 aromatic rings. The standard InChI is InChI=1S/C15H14N2O3S/c1-9(12-3-2-6-20-12)16-15(19)10-4-5-13-11(7-10)17-14(18)8-21-13/h2-7,9H,8H2,1H3,(H,16,19)(H,17,18)/t9-/m1/s1. The maximum atomic E-state index is 12.2. The average Bonchev–Trinajstić information content (AvgIpc) is 3.00. The Morgan fingerprint density at radius 1 is 1.43 bits per heavy atom. The summed E-state index contributed by atoms with van der Waals surface area (Å²) in [7, 11) is 0.